The topological polar surface area (TPSA) is 58.6 Å². The van der Waals surface area contributed by atoms with Gasteiger partial charge in [-0.25, -0.2) is 4.90 Å². The molecule has 6 heteroatoms. The van der Waals surface area contributed by atoms with E-state index >= 15 is 0 Å². The zero-order valence-corrected chi connectivity index (χ0v) is 18.7. The standard InChI is InChI=1S/C25H24N2O3S/c1-25(2,3)16-11-13-17(14-12-16)26-22-21(20-10-7-15-31-20)23(28)27(24(22)29)18-8-5-6-9-19(18)30-4/h5-15,26H,1-4H3. The third-order valence-electron chi connectivity index (χ3n) is 5.20. The summed E-state index contributed by atoms with van der Waals surface area (Å²) < 4.78 is 5.40. The lowest BCUT2D eigenvalue weighted by Gasteiger charge is -2.20. The van der Waals surface area contributed by atoms with Crippen LogP contribution in [0.4, 0.5) is 11.4 Å². The number of carbonyl (C=O) groups is 2. The Morgan fingerprint density at radius 3 is 2.23 bits per heavy atom. The first-order valence-electron chi connectivity index (χ1n) is 9.99. The SMILES string of the molecule is COc1ccccc1N1C(=O)C(Nc2ccc(C(C)(C)C)cc2)=C(c2cccs2)C1=O. The van der Waals surface area contributed by atoms with Crippen molar-refractivity contribution in [3.05, 3.63) is 82.2 Å². The Morgan fingerprint density at radius 1 is 0.903 bits per heavy atom. The van der Waals surface area contributed by atoms with Crippen LogP contribution in [-0.4, -0.2) is 18.9 Å². The number of carbonyl (C=O) groups excluding carboxylic acids is 2. The van der Waals surface area contributed by atoms with Crippen LogP contribution in [-0.2, 0) is 15.0 Å². The number of ether oxygens (including phenoxy) is 1. The molecule has 1 aliphatic heterocycles. The summed E-state index contributed by atoms with van der Waals surface area (Å²) in [4.78, 5) is 28.8. The van der Waals surface area contributed by atoms with Gasteiger partial charge in [-0.05, 0) is 46.7 Å². The maximum atomic E-state index is 13.5. The Balaban J connectivity index is 1.76. The fourth-order valence-electron chi connectivity index (χ4n) is 3.53. The first kappa shape index (κ1) is 20.9. The van der Waals surface area contributed by atoms with E-state index in [0.717, 1.165) is 10.6 Å². The van der Waals surface area contributed by atoms with Gasteiger partial charge in [0, 0.05) is 10.6 Å². The van der Waals surface area contributed by atoms with Crippen molar-refractivity contribution >= 4 is 40.1 Å². The zero-order valence-electron chi connectivity index (χ0n) is 17.9. The predicted molar refractivity (Wildman–Crippen MR) is 125 cm³/mol. The van der Waals surface area contributed by atoms with Gasteiger partial charge in [0.15, 0.2) is 0 Å². The Labute approximate surface area is 186 Å². The summed E-state index contributed by atoms with van der Waals surface area (Å²) in [7, 11) is 1.52. The summed E-state index contributed by atoms with van der Waals surface area (Å²) in [6.45, 7) is 6.45. The van der Waals surface area contributed by atoms with Crippen LogP contribution < -0.4 is 15.0 Å². The number of hydrogen-bond donors (Lipinski definition) is 1. The van der Waals surface area contributed by atoms with Gasteiger partial charge < -0.3 is 10.1 Å². The van der Waals surface area contributed by atoms with E-state index in [1.165, 1.54) is 28.9 Å². The smallest absolute Gasteiger partial charge is 0.282 e. The van der Waals surface area contributed by atoms with Crippen LogP contribution in [0.15, 0.2) is 71.7 Å². The van der Waals surface area contributed by atoms with Crippen LogP contribution in [0.2, 0.25) is 0 Å². The molecule has 31 heavy (non-hydrogen) atoms. The summed E-state index contributed by atoms with van der Waals surface area (Å²) in [5, 5.41) is 5.10. The van der Waals surface area contributed by atoms with Gasteiger partial charge in [0.1, 0.15) is 11.4 Å². The number of rotatable bonds is 5. The minimum absolute atomic E-state index is 0.0275. The van der Waals surface area contributed by atoms with Crippen LogP contribution in [0.1, 0.15) is 31.2 Å². The van der Waals surface area contributed by atoms with Gasteiger partial charge in [-0.2, -0.15) is 0 Å². The fraction of sp³-hybridized carbons (Fsp3) is 0.200. The quantitative estimate of drug-likeness (QED) is 0.545. The highest BCUT2D eigenvalue weighted by molar-refractivity contribution is 7.11. The molecule has 0 atom stereocenters. The van der Waals surface area contributed by atoms with Crippen LogP contribution in [0.25, 0.3) is 5.57 Å². The number of nitrogens with one attached hydrogen (secondary N) is 1. The van der Waals surface area contributed by atoms with E-state index in [0.29, 0.717) is 17.0 Å². The third kappa shape index (κ3) is 3.86. The van der Waals surface area contributed by atoms with E-state index in [1.54, 1.807) is 24.3 Å². The Kier molecular flexibility index (Phi) is 5.41. The van der Waals surface area contributed by atoms with Crippen molar-refractivity contribution in [2.45, 2.75) is 26.2 Å². The molecule has 0 unspecified atom stereocenters. The van der Waals surface area contributed by atoms with Crippen molar-refractivity contribution < 1.29 is 14.3 Å². The van der Waals surface area contributed by atoms with E-state index in [4.69, 9.17) is 4.74 Å². The van der Waals surface area contributed by atoms with Crippen molar-refractivity contribution in [2.75, 3.05) is 17.3 Å². The maximum absolute atomic E-state index is 13.5. The zero-order chi connectivity index (χ0) is 22.2. The molecule has 1 N–H and O–H groups in total. The minimum atomic E-state index is -0.405. The minimum Gasteiger partial charge on any atom is -0.495 e. The highest BCUT2D eigenvalue weighted by atomic mass is 32.1. The molecule has 0 fully saturated rings. The first-order chi connectivity index (χ1) is 14.8. The molecule has 1 aromatic heterocycles. The third-order valence-corrected chi connectivity index (χ3v) is 6.09. The summed E-state index contributed by atoms with van der Waals surface area (Å²) in [6.07, 6.45) is 0. The number of thiophene rings is 1. The molecule has 4 rings (SSSR count). The second-order valence-electron chi connectivity index (χ2n) is 8.30. The molecule has 2 aromatic carbocycles. The van der Waals surface area contributed by atoms with Gasteiger partial charge >= 0.3 is 0 Å². The molecule has 0 spiro atoms. The number of hydrogen-bond acceptors (Lipinski definition) is 5. The molecular weight excluding hydrogens is 408 g/mol. The van der Waals surface area contributed by atoms with Gasteiger partial charge in [0.2, 0.25) is 0 Å². The molecule has 0 aliphatic carbocycles. The number of imide groups is 1. The summed E-state index contributed by atoms with van der Waals surface area (Å²) in [6, 6.07) is 18.7. The van der Waals surface area contributed by atoms with Gasteiger partial charge in [0.25, 0.3) is 11.8 Å². The largest absolute Gasteiger partial charge is 0.495 e. The highest BCUT2D eigenvalue weighted by Gasteiger charge is 2.41. The second kappa shape index (κ2) is 8.04. The summed E-state index contributed by atoms with van der Waals surface area (Å²) in [5.41, 5.74) is 3.02. The van der Waals surface area contributed by atoms with Gasteiger partial charge in [-0.3, -0.25) is 9.59 Å². The van der Waals surface area contributed by atoms with Crippen LogP contribution >= 0.6 is 11.3 Å². The van der Waals surface area contributed by atoms with E-state index in [2.05, 4.69) is 26.1 Å². The van der Waals surface area contributed by atoms with E-state index in [-0.39, 0.29) is 17.0 Å². The molecule has 0 saturated heterocycles. The van der Waals surface area contributed by atoms with Crippen molar-refractivity contribution in [1.29, 1.82) is 0 Å². The lowest BCUT2D eigenvalue weighted by Crippen LogP contribution is -2.32. The van der Waals surface area contributed by atoms with Gasteiger partial charge in [0.05, 0.1) is 18.4 Å². The van der Waals surface area contributed by atoms with Crippen LogP contribution in [0.5, 0.6) is 5.75 Å². The van der Waals surface area contributed by atoms with E-state index < -0.39 is 5.91 Å². The summed E-state index contributed by atoms with van der Waals surface area (Å²) in [5.74, 6) is -0.311. The average molecular weight is 433 g/mol. The number of nitrogens with zero attached hydrogens (tertiary/aromatic N) is 1. The monoisotopic (exact) mass is 432 g/mol. The molecule has 2 heterocycles. The molecular formula is C25H24N2O3S. The maximum Gasteiger partial charge on any atom is 0.282 e. The molecule has 3 aromatic rings. The van der Waals surface area contributed by atoms with Gasteiger partial charge in [-0.15, -0.1) is 11.3 Å². The van der Waals surface area contributed by atoms with Crippen molar-refractivity contribution in [3.63, 3.8) is 0 Å². The fourth-order valence-corrected chi connectivity index (χ4v) is 4.29. The molecule has 2 amide bonds. The number of anilines is 2. The lowest BCUT2D eigenvalue weighted by molar-refractivity contribution is -0.120. The first-order valence-corrected chi connectivity index (χ1v) is 10.9. The van der Waals surface area contributed by atoms with E-state index in [1.807, 2.05) is 41.8 Å². The molecule has 1 aliphatic rings. The predicted octanol–water partition coefficient (Wildman–Crippen LogP) is 5.45. The Bertz CT molecular complexity index is 1160. The van der Waals surface area contributed by atoms with Crippen molar-refractivity contribution in [2.24, 2.45) is 0 Å². The Morgan fingerprint density at radius 2 is 1.61 bits per heavy atom. The normalized spacial score (nSPS) is 14.4. The number of methoxy groups -OCH3 is 1. The number of amides is 2. The van der Waals surface area contributed by atoms with Crippen molar-refractivity contribution in [3.8, 4) is 5.75 Å². The second-order valence-corrected chi connectivity index (χ2v) is 9.24. The summed E-state index contributed by atoms with van der Waals surface area (Å²) >= 11 is 1.42. The molecule has 0 bridgehead atoms. The Hall–Kier alpha value is -3.38. The molecule has 0 saturated carbocycles. The number of benzene rings is 2. The lowest BCUT2D eigenvalue weighted by atomic mass is 9.87. The average Bonchev–Trinajstić information content (AvgIpc) is 3.35. The van der Waals surface area contributed by atoms with Crippen LogP contribution in [0, 0.1) is 0 Å². The highest BCUT2D eigenvalue weighted by Crippen LogP contribution is 2.39. The molecule has 158 valence electrons. The number of para-hydroxylation sites is 2. The molecule has 0 radical (unpaired) electrons. The van der Waals surface area contributed by atoms with E-state index in [9.17, 15) is 9.59 Å². The van der Waals surface area contributed by atoms with Crippen LogP contribution in [0.3, 0.4) is 0 Å². The van der Waals surface area contributed by atoms with Gasteiger partial charge in [-0.1, -0.05) is 51.1 Å². The molecule has 5 nitrogen and oxygen atoms in total. The van der Waals surface area contributed by atoms with Crippen molar-refractivity contribution in [1.82, 2.24) is 0 Å².